The first kappa shape index (κ1) is 13.8. The lowest BCUT2D eigenvalue weighted by molar-refractivity contribution is -0.140. The molecule has 15 heavy (non-hydrogen) atoms. The number of anilines is 1. The minimum absolute atomic E-state index is 0. The Labute approximate surface area is 96.0 Å². The summed E-state index contributed by atoms with van der Waals surface area (Å²) >= 11 is 0. The number of nitrogens with two attached hydrogens (primary N) is 1. The summed E-state index contributed by atoms with van der Waals surface area (Å²) in [4.78, 5) is 11.0. The van der Waals surface area contributed by atoms with Crippen LogP contribution in [0, 0.1) is 0 Å². The molecule has 0 fully saturated rings. The highest BCUT2D eigenvalue weighted by molar-refractivity contribution is 5.85. The maximum atomic E-state index is 11.0. The van der Waals surface area contributed by atoms with Gasteiger partial charge in [0.15, 0.2) is 0 Å². The molecule has 1 unspecified atom stereocenters. The maximum Gasteiger partial charge on any atom is 0.306 e. The van der Waals surface area contributed by atoms with E-state index in [0.717, 1.165) is 11.3 Å². The van der Waals surface area contributed by atoms with Crippen LogP contribution in [0.5, 0.6) is 0 Å². The normalized spacial score (nSPS) is 11.3. The molecule has 0 aromatic heterocycles. The van der Waals surface area contributed by atoms with E-state index in [1.807, 2.05) is 31.2 Å². The standard InChI is InChI=1S/C11H15NO2.ClH/c1-8(7-11(13)14-2)9-3-5-10(12)6-4-9;/h3-6,8H,7,12H2,1-2H3;1H. The predicted octanol–water partition coefficient (Wildman–Crippen LogP) is 2.36. The number of ether oxygens (including phenoxy) is 1. The lowest BCUT2D eigenvalue weighted by atomic mass is 9.98. The van der Waals surface area contributed by atoms with E-state index in [-0.39, 0.29) is 24.3 Å². The quantitative estimate of drug-likeness (QED) is 0.640. The molecule has 0 saturated carbocycles. The van der Waals surface area contributed by atoms with Crippen LogP contribution in [0.2, 0.25) is 0 Å². The lowest BCUT2D eigenvalue weighted by Gasteiger charge is -2.10. The van der Waals surface area contributed by atoms with Gasteiger partial charge in [-0.05, 0) is 23.6 Å². The zero-order valence-corrected chi connectivity index (χ0v) is 9.71. The number of esters is 1. The Hall–Kier alpha value is -1.22. The van der Waals surface area contributed by atoms with Gasteiger partial charge in [0.1, 0.15) is 0 Å². The van der Waals surface area contributed by atoms with Crippen molar-refractivity contribution in [1.29, 1.82) is 0 Å². The zero-order valence-electron chi connectivity index (χ0n) is 8.90. The number of benzene rings is 1. The van der Waals surface area contributed by atoms with Crippen LogP contribution in [0.15, 0.2) is 24.3 Å². The molecule has 1 atom stereocenters. The summed E-state index contributed by atoms with van der Waals surface area (Å²) in [6.45, 7) is 1.99. The fraction of sp³-hybridized carbons (Fsp3) is 0.364. The number of hydrogen-bond donors (Lipinski definition) is 1. The number of carbonyl (C=O) groups excluding carboxylic acids is 1. The third-order valence-electron chi connectivity index (χ3n) is 2.21. The first-order valence-corrected chi connectivity index (χ1v) is 4.55. The Balaban J connectivity index is 0.00000196. The van der Waals surface area contributed by atoms with E-state index in [9.17, 15) is 4.79 Å². The summed E-state index contributed by atoms with van der Waals surface area (Å²) in [5.41, 5.74) is 7.40. The second kappa shape index (κ2) is 6.30. The van der Waals surface area contributed by atoms with Crippen LogP contribution < -0.4 is 5.73 Å². The molecule has 1 aromatic rings. The third kappa shape index (κ3) is 4.21. The predicted molar refractivity (Wildman–Crippen MR) is 63.2 cm³/mol. The number of hydrogen-bond acceptors (Lipinski definition) is 3. The summed E-state index contributed by atoms with van der Waals surface area (Å²) < 4.78 is 4.60. The summed E-state index contributed by atoms with van der Waals surface area (Å²) in [6.07, 6.45) is 0.403. The SMILES string of the molecule is COC(=O)CC(C)c1ccc(N)cc1.Cl. The molecule has 0 aliphatic heterocycles. The van der Waals surface area contributed by atoms with Gasteiger partial charge in [0.05, 0.1) is 13.5 Å². The van der Waals surface area contributed by atoms with Gasteiger partial charge in [-0.1, -0.05) is 19.1 Å². The van der Waals surface area contributed by atoms with E-state index in [0.29, 0.717) is 6.42 Å². The molecule has 0 radical (unpaired) electrons. The molecular weight excluding hydrogens is 214 g/mol. The number of halogens is 1. The molecule has 0 spiro atoms. The van der Waals surface area contributed by atoms with Gasteiger partial charge in [0.2, 0.25) is 0 Å². The zero-order chi connectivity index (χ0) is 10.6. The molecule has 0 aliphatic carbocycles. The second-order valence-corrected chi connectivity index (χ2v) is 3.35. The van der Waals surface area contributed by atoms with Crippen LogP contribution in [-0.2, 0) is 9.53 Å². The first-order chi connectivity index (χ1) is 6.63. The van der Waals surface area contributed by atoms with Crippen molar-refractivity contribution in [3.8, 4) is 0 Å². The van der Waals surface area contributed by atoms with E-state index >= 15 is 0 Å². The van der Waals surface area contributed by atoms with Gasteiger partial charge >= 0.3 is 5.97 Å². The van der Waals surface area contributed by atoms with Gasteiger partial charge in [-0.2, -0.15) is 0 Å². The summed E-state index contributed by atoms with van der Waals surface area (Å²) in [6, 6.07) is 7.54. The van der Waals surface area contributed by atoms with Crippen molar-refractivity contribution in [2.24, 2.45) is 0 Å². The lowest BCUT2D eigenvalue weighted by Crippen LogP contribution is -2.05. The van der Waals surface area contributed by atoms with E-state index in [4.69, 9.17) is 5.73 Å². The van der Waals surface area contributed by atoms with Gasteiger partial charge < -0.3 is 10.5 Å². The monoisotopic (exact) mass is 229 g/mol. The Bertz CT molecular complexity index is 311. The Morgan fingerprint density at radius 1 is 1.40 bits per heavy atom. The van der Waals surface area contributed by atoms with E-state index in [1.165, 1.54) is 7.11 Å². The average molecular weight is 230 g/mol. The van der Waals surface area contributed by atoms with E-state index in [2.05, 4.69) is 4.74 Å². The maximum absolute atomic E-state index is 11.0. The highest BCUT2D eigenvalue weighted by atomic mass is 35.5. The van der Waals surface area contributed by atoms with Crippen molar-refractivity contribution >= 4 is 24.1 Å². The van der Waals surface area contributed by atoms with Crippen LogP contribution in [0.4, 0.5) is 5.69 Å². The molecule has 4 heteroatoms. The highest BCUT2D eigenvalue weighted by Crippen LogP contribution is 2.20. The van der Waals surface area contributed by atoms with Crippen LogP contribution in [0.3, 0.4) is 0 Å². The van der Waals surface area contributed by atoms with Crippen molar-refractivity contribution in [2.75, 3.05) is 12.8 Å². The van der Waals surface area contributed by atoms with E-state index < -0.39 is 0 Å². The minimum atomic E-state index is -0.186. The molecule has 84 valence electrons. The topological polar surface area (TPSA) is 52.3 Å². The fourth-order valence-electron chi connectivity index (χ4n) is 1.28. The van der Waals surface area contributed by atoms with Crippen molar-refractivity contribution in [2.45, 2.75) is 19.3 Å². The van der Waals surface area contributed by atoms with Crippen molar-refractivity contribution in [1.82, 2.24) is 0 Å². The number of rotatable bonds is 3. The summed E-state index contributed by atoms with van der Waals surface area (Å²) in [5.74, 6) is -0.0163. The number of methoxy groups -OCH3 is 1. The van der Waals surface area contributed by atoms with Gasteiger partial charge in [0.25, 0.3) is 0 Å². The molecule has 0 aliphatic rings. The van der Waals surface area contributed by atoms with Crippen LogP contribution in [0.25, 0.3) is 0 Å². The Kier molecular flexibility index (Phi) is 5.79. The molecule has 0 amide bonds. The van der Waals surface area contributed by atoms with Gasteiger partial charge in [-0.3, -0.25) is 4.79 Å². The largest absolute Gasteiger partial charge is 0.469 e. The molecule has 0 saturated heterocycles. The average Bonchev–Trinajstić information content (AvgIpc) is 2.18. The molecule has 2 N–H and O–H groups in total. The summed E-state index contributed by atoms with van der Waals surface area (Å²) in [5, 5.41) is 0. The van der Waals surface area contributed by atoms with Gasteiger partial charge in [-0.25, -0.2) is 0 Å². The van der Waals surface area contributed by atoms with Crippen LogP contribution >= 0.6 is 12.4 Å². The van der Waals surface area contributed by atoms with Crippen molar-refractivity contribution in [3.05, 3.63) is 29.8 Å². The third-order valence-corrected chi connectivity index (χ3v) is 2.21. The molecule has 0 heterocycles. The smallest absolute Gasteiger partial charge is 0.306 e. The molecule has 1 aromatic carbocycles. The number of carbonyl (C=O) groups is 1. The highest BCUT2D eigenvalue weighted by Gasteiger charge is 2.10. The summed E-state index contributed by atoms with van der Waals surface area (Å²) in [7, 11) is 1.40. The number of nitrogen functional groups attached to an aromatic ring is 1. The molecule has 3 nitrogen and oxygen atoms in total. The Morgan fingerprint density at radius 3 is 2.40 bits per heavy atom. The minimum Gasteiger partial charge on any atom is -0.469 e. The van der Waals surface area contributed by atoms with Crippen LogP contribution in [0.1, 0.15) is 24.8 Å². The molecule has 1 rings (SSSR count). The Morgan fingerprint density at radius 2 is 1.93 bits per heavy atom. The molecule has 0 bridgehead atoms. The van der Waals surface area contributed by atoms with Crippen molar-refractivity contribution < 1.29 is 9.53 Å². The van der Waals surface area contributed by atoms with Crippen molar-refractivity contribution in [3.63, 3.8) is 0 Å². The van der Waals surface area contributed by atoms with Gasteiger partial charge in [-0.15, -0.1) is 12.4 Å². The van der Waals surface area contributed by atoms with Gasteiger partial charge in [0, 0.05) is 5.69 Å². The molecular formula is C11H16ClNO2. The van der Waals surface area contributed by atoms with Crippen LogP contribution in [-0.4, -0.2) is 13.1 Å². The van der Waals surface area contributed by atoms with E-state index in [1.54, 1.807) is 0 Å². The fourth-order valence-corrected chi connectivity index (χ4v) is 1.28. The second-order valence-electron chi connectivity index (χ2n) is 3.35. The first-order valence-electron chi connectivity index (χ1n) is 4.55.